The number of rotatable bonds is 11. The second kappa shape index (κ2) is 16.6. The summed E-state index contributed by atoms with van der Waals surface area (Å²) in [7, 11) is 2.58. The molecule has 0 saturated carbocycles. The summed E-state index contributed by atoms with van der Waals surface area (Å²) < 4.78 is 9.50. The maximum absolute atomic E-state index is 13.5. The highest BCUT2D eigenvalue weighted by Crippen LogP contribution is 2.35. The molecule has 4 aromatic rings. The van der Waals surface area contributed by atoms with Gasteiger partial charge in [-0.3, -0.25) is 9.59 Å². The van der Waals surface area contributed by atoms with Gasteiger partial charge in [0.05, 0.1) is 50.1 Å². The Hall–Kier alpha value is -5.66. The molecule has 0 spiro atoms. The molecule has 54 heavy (non-hydrogen) atoms. The van der Waals surface area contributed by atoms with Gasteiger partial charge in [-0.1, -0.05) is 76.2 Å². The Morgan fingerprint density at radius 3 is 1.31 bits per heavy atom. The van der Waals surface area contributed by atoms with Crippen LogP contribution in [0.2, 0.25) is 0 Å². The Morgan fingerprint density at radius 2 is 0.981 bits per heavy atom. The quantitative estimate of drug-likeness (QED) is 0.140. The topological polar surface area (TPSA) is 175 Å². The van der Waals surface area contributed by atoms with Crippen LogP contribution in [0.5, 0.6) is 0 Å². The summed E-state index contributed by atoms with van der Waals surface area (Å²) in [5.41, 5.74) is 5.78. The summed E-state index contributed by atoms with van der Waals surface area (Å²) in [5.74, 6) is 0.955. The number of ether oxygens (including phenoxy) is 2. The lowest BCUT2D eigenvalue weighted by Gasteiger charge is -2.30. The highest BCUT2D eigenvalue weighted by atomic mass is 16.5. The van der Waals surface area contributed by atoms with Crippen molar-refractivity contribution in [1.29, 1.82) is 0 Å². The Balaban J connectivity index is 1.11. The van der Waals surface area contributed by atoms with Crippen molar-refractivity contribution in [3.63, 3.8) is 0 Å². The zero-order valence-electron chi connectivity index (χ0n) is 31.7. The van der Waals surface area contributed by atoms with Gasteiger partial charge in [0.2, 0.25) is 11.8 Å². The lowest BCUT2D eigenvalue weighted by molar-refractivity contribution is -0.136. The van der Waals surface area contributed by atoms with Gasteiger partial charge >= 0.3 is 12.2 Å². The third kappa shape index (κ3) is 8.12. The number of imidazole rings is 2. The molecule has 4 amide bonds. The number of nitrogens with one attached hydrogen (secondary N) is 4. The van der Waals surface area contributed by atoms with E-state index in [9.17, 15) is 19.2 Å². The highest BCUT2D eigenvalue weighted by molar-refractivity contribution is 5.87. The van der Waals surface area contributed by atoms with Crippen LogP contribution in [0.3, 0.4) is 0 Å². The summed E-state index contributed by atoms with van der Waals surface area (Å²) in [6.45, 7) is 8.78. The predicted molar refractivity (Wildman–Crippen MR) is 203 cm³/mol. The van der Waals surface area contributed by atoms with E-state index < -0.39 is 24.3 Å². The van der Waals surface area contributed by atoms with Gasteiger partial charge in [-0.25, -0.2) is 19.6 Å². The van der Waals surface area contributed by atoms with Crippen LogP contribution in [0.15, 0.2) is 60.9 Å². The van der Waals surface area contributed by atoms with Crippen LogP contribution >= 0.6 is 0 Å². The molecule has 6 rings (SSSR count). The van der Waals surface area contributed by atoms with Crippen molar-refractivity contribution in [2.75, 3.05) is 27.3 Å². The average Bonchev–Trinajstić information content (AvgIpc) is 4.02. The molecule has 0 aliphatic carbocycles. The normalized spacial score (nSPS) is 18.1. The smallest absolute Gasteiger partial charge is 0.407 e. The molecule has 4 atom stereocenters. The Kier molecular flexibility index (Phi) is 11.7. The largest absolute Gasteiger partial charge is 0.453 e. The number of H-pyrrole nitrogens is 2. The van der Waals surface area contributed by atoms with E-state index in [1.165, 1.54) is 14.2 Å². The monoisotopic (exact) mass is 738 g/mol. The second-order valence-corrected chi connectivity index (χ2v) is 14.6. The number of methoxy groups -OCH3 is 2. The van der Waals surface area contributed by atoms with E-state index in [4.69, 9.17) is 9.47 Å². The van der Waals surface area contributed by atoms with E-state index in [0.29, 0.717) is 13.1 Å². The van der Waals surface area contributed by atoms with Gasteiger partial charge in [0.1, 0.15) is 23.7 Å². The molecule has 286 valence electrons. The molecule has 2 saturated heterocycles. The minimum Gasteiger partial charge on any atom is -0.453 e. The van der Waals surface area contributed by atoms with Crippen molar-refractivity contribution in [3.8, 4) is 33.6 Å². The molecule has 0 bridgehead atoms. The number of aromatic amines is 2. The standard InChI is InChI=1S/C40H50N8O6/c1-23(2)33(45-39(51)53-5)37(49)47-19-7-9-31(47)35-41-21-29(43-35)27-15-11-25(12-16-27)26-13-17-28(18-14-26)30-22-42-36(44-30)32-10-8-20-48(32)38(50)34(24(3)4)46-40(52)54-6/h11-18,21-24,31-34H,7-10,19-20H2,1-6H3,(H,41,43)(H,42,44)(H,45,51)(H,46,52)/t31-,32+,33-,34-/m1/s1. The first-order chi connectivity index (χ1) is 26.0. The van der Waals surface area contributed by atoms with Crippen LogP contribution in [0.4, 0.5) is 9.59 Å². The highest BCUT2D eigenvalue weighted by Gasteiger charge is 2.39. The van der Waals surface area contributed by atoms with Crippen LogP contribution in [-0.4, -0.2) is 93.1 Å². The first-order valence-corrected chi connectivity index (χ1v) is 18.6. The molecule has 2 aromatic heterocycles. The summed E-state index contributed by atoms with van der Waals surface area (Å²) >= 11 is 0. The van der Waals surface area contributed by atoms with E-state index >= 15 is 0 Å². The van der Waals surface area contributed by atoms with Gasteiger partial charge < -0.3 is 39.9 Å². The molecular weight excluding hydrogens is 688 g/mol. The SMILES string of the molecule is COC(=O)N[C@@H](C(=O)N1CCC[C@@H]1c1ncc(-c2ccc(-c3ccc(-c4cnc([C@@H]5CCCN5C(=O)[C@H](NC(=O)OC)C(C)C)[nH]4)cc3)cc2)[nH]1)C(C)C. The van der Waals surface area contributed by atoms with Crippen LogP contribution in [0.25, 0.3) is 33.6 Å². The van der Waals surface area contributed by atoms with Crippen molar-refractivity contribution >= 4 is 24.0 Å². The van der Waals surface area contributed by atoms with Crippen LogP contribution in [-0.2, 0) is 19.1 Å². The lowest BCUT2D eigenvalue weighted by atomic mass is 10.0. The molecular formula is C40H50N8O6. The number of hydrogen-bond acceptors (Lipinski definition) is 8. The summed E-state index contributed by atoms with van der Waals surface area (Å²) in [4.78, 5) is 70.7. The zero-order chi connectivity index (χ0) is 38.5. The number of aromatic nitrogens is 4. The van der Waals surface area contributed by atoms with Gasteiger partial charge in [0.25, 0.3) is 0 Å². The van der Waals surface area contributed by atoms with Gasteiger partial charge in [-0.2, -0.15) is 0 Å². The minimum atomic E-state index is -0.687. The third-order valence-electron chi connectivity index (χ3n) is 10.4. The maximum Gasteiger partial charge on any atom is 0.407 e. The number of hydrogen-bond donors (Lipinski definition) is 4. The zero-order valence-corrected chi connectivity index (χ0v) is 31.7. The molecule has 0 unspecified atom stereocenters. The first kappa shape index (κ1) is 38.1. The van der Waals surface area contributed by atoms with E-state index in [2.05, 4.69) is 54.8 Å². The molecule has 14 nitrogen and oxygen atoms in total. The van der Waals surface area contributed by atoms with Crippen molar-refractivity contribution in [2.24, 2.45) is 11.8 Å². The Labute approximate surface area is 315 Å². The third-order valence-corrected chi connectivity index (χ3v) is 10.4. The number of carbonyl (C=O) groups excluding carboxylic acids is 4. The van der Waals surface area contributed by atoms with Gasteiger partial charge in [0, 0.05) is 13.1 Å². The number of benzene rings is 2. The molecule has 2 aromatic carbocycles. The fourth-order valence-corrected chi connectivity index (χ4v) is 7.38. The number of carbonyl (C=O) groups is 4. The summed E-state index contributed by atoms with van der Waals surface area (Å²) in [5, 5.41) is 5.38. The number of amides is 4. The number of likely N-dealkylation sites (tertiary alicyclic amines) is 2. The number of nitrogens with zero attached hydrogens (tertiary/aromatic N) is 4. The molecule has 0 radical (unpaired) electrons. The van der Waals surface area contributed by atoms with E-state index in [-0.39, 0.29) is 35.7 Å². The van der Waals surface area contributed by atoms with Crippen LogP contribution < -0.4 is 10.6 Å². The van der Waals surface area contributed by atoms with E-state index in [1.54, 1.807) is 22.2 Å². The lowest BCUT2D eigenvalue weighted by Crippen LogP contribution is -2.51. The number of alkyl carbamates (subject to hydrolysis) is 2. The predicted octanol–water partition coefficient (Wildman–Crippen LogP) is 6.22. The van der Waals surface area contributed by atoms with Crippen LogP contribution in [0, 0.1) is 11.8 Å². The molecule has 14 heteroatoms. The van der Waals surface area contributed by atoms with Gasteiger partial charge in [-0.15, -0.1) is 0 Å². The van der Waals surface area contributed by atoms with Gasteiger partial charge in [0.15, 0.2) is 0 Å². The van der Waals surface area contributed by atoms with Crippen molar-refractivity contribution < 1.29 is 28.7 Å². The molecule has 2 fully saturated rings. The van der Waals surface area contributed by atoms with Crippen molar-refractivity contribution in [3.05, 3.63) is 72.6 Å². The summed E-state index contributed by atoms with van der Waals surface area (Å²) in [6.07, 6.45) is 5.61. The first-order valence-electron chi connectivity index (χ1n) is 18.6. The van der Waals surface area contributed by atoms with Crippen molar-refractivity contribution in [2.45, 2.75) is 77.5 Å². The fourth-order valence-electron chi connectivity index (χ4n) is 7.38. The minimum absolute atomic E-state index is 0.104. The maximum atomic E-state index is 13.5. The fraction of sp³-hybridized carbons (Fsp3) is 0.450. The molecule has 4 heterocycles. The van der Waals surface area contributed by atoms with Crippen molar-refractivity contribution in [1.82, 2.24) is 40.4 Å². The Morgan fingerprint density at radius 1 is 0.630 bits per heavy atom. The average molecular weight is 739 g/mol. The second-order valence-electron chi connectivity index (χ2n) is 14.6. The van der Waals surface area contributed by atoms with E-state index in [1.807, 2.05) is 52.0 Å². The van der Waals surface area contributed by atoms with E-state index in [0.717, 1.165) is 71.0 Å². The Bertz CT molecular complexity index is 1800. The van der Waals surface area contributed by atoms with Gasteiger partial charge in [-0.05, 0) is 59.8 Å². The molecule has 2 aliphatic rings. The van der Waals surface area contributed by atoms with Crippen LogP contribution in [0.1, 0.15) is 77.1 Å². The molecule has 2 aliphatic heterocycles. The molecule has 4 N–H and O–H groups in total. The summed E-state index contributed by atoms with van der Waals surface area (Å²) in [6, 6.07) is 14.7.